The van der Waals surface area contributed by atoms with E-state index in [0.717, 1.165) is 47.9 Å². The van der Waals surface area contributed by atoms with Crippen molar-refractivity contribution in [2.24, 2.45) is 0 Å². The Kier molecular flexibility index (Phi) is 11.3. The average molecular weight is 624 g/mol. The fourth-order valence-corrected chi connectivity index (χ4v) is 6.82. The number of aryl methyl sites for hydroxylation is 2. The summed E-state index contributed by atoms with van der Waals surface area (Å²) in [4.78, 5) is 29.5. The molecule has 0 bridgehead atoms. The zero-order chi connectivity index (χ0) is 31.0. The Morgan fingerprint density at radius 3 is 2.28 bits per heavy atom. The maximum absolute atomic E-state index is 14.0. The van der Waals surface area contributed by atoms with Gasteiger partial charge in [0, 0.05) is 37.0 Å². The first-order valence-corrected chi connectivity index (χ1v) is 17.2. The predicted molar refractivity (Wildman–Crippen MR) is 174 cm³/mol. The average Bonchev–Trinajstić information content (AvgIpc) is 3.48. The largest absolute Gasteiger partial charge is 0.352 e. The van der Waals surface area contributed by atoms with Gasteiger partial charge in [-0.15, -0.1) is 0 Å². The highest BCUT2D eigenvalue weighted by molar-refractivity contribution is 7.92. The molecule has 230 valence electrons. The molecule has 1 aliphatic carbocycles. The number of carbonyl (C=O) groups excluding carboxylic acids is 2. The van der Waals surface area contributed by atoms with Gasteiger partial charge in [0.15, 0.2) is 0 Å². The van der Waals surface area contributed by atoms with E-state index >= 15 is 0 Å². The van der Waals surface area contributed by atoms with Crippen molar-refractivity contribution in [2.45, 2.75) is 77.4 Å². The lowest BCUT2D eigenvalue weighted by atomic mass is 10.0. The lowest BCUT2D eigenvalue weighted by Gasteiger charge is -2.33. The van der Waals surface area contributed by atoms with Gasteiger partial charge in [-0.1, -0.05) is 79.0 Å². The van der Waals surface area contributed by atoms with Gasteiger partial charge in [-0.3, -0.25) is 13.9 Å². The van der Waals surface area contributed by atoms with E-state index in [1.54, 1.807) is 17.0 Å². The van der Waals surface area contributed by atoms with Gasteiger partial charge in [0.2, 0.25) is 21.8 Å². The van der Waals surface area contributed by atoms with Crippen LogP contribution in [-0.2, 0) is 32.6 Å². The molecule has 1 N–H and O–H groups in total. The van der Waals surface area contributed by atoms with Crippen molar-refractivity contribution >= 4 is 39.1 Å². The zero-order valence-electron chi connectivity index (χ0n) is 25.3. The number of carbonyl (C=O) groups is 2. The molecule has 0 aliphatic heterocycles. The highest BCUT2D eigenvalue weighted by Gasteiger charge is 2.32. The predicted octanol–water partition coefficient (Wildman–Crippen LogP) is 6.20. The lowest BCUT2D eigenvalue weighted by Crippen LogP contribution is -2.52. The fraction of sp³-hybridized carbons (Fsp3) is 0.412. The Hall–Kier alpha value is -3.36. The molecule has 9 heteroatoms. The molecule has 1 saturated carbocycles. The molecule has 3 aromatic rings. The molecule has 0 saturated heterocycles. The van der Waals surface area contributed by atoms with Gasteiger partial charge in [-0.2, -0.15) is 0 Å². The molecular formula is C34H42ClN3O4S. The van der Waals surface area contributed by atoms with Crippen molar-refractivity contribution in [1.82, 2.24) is 10.2 Å². The number of rotatable bonds is 13. The smallest absolute Gasteiger partial charge is 0.243 e. The van der Waals surface area contributed by atoms with E-state index in [9.17, 15) is 18.0 Å². The SMILES string of the molecule is Cc1ccc(C)c(N(CCCC(=O)N(Cc2ccc(Cl)cc2)[C@@H](Cc2ccccc2)C(=O)NC2CCCC2)S(C)(=O)=O)c1. The summed E-state index contributed by atoms with van der Waals surface area (Å²) in [6, 6.07) is 22.1. The number of hydrogen-bond acceptors (Lipinski definition) is 4. The van der Waals surface area contributed by atoms with Gasteiger partial charge in [-0.25, -0.2) is 8.42 Å². The summed E-state index contributed by atoms with van der Waals surface area (Å²) in [6.45, 7) is 4.19. The Morgan fingerprint density at radius 2 is 1.63 bits per heavy atom. The third-order valence-corrected chi connectivity index (χ3v) is 9.46. The molecule has 0 heterocycles. The van der Waals surface area contributed by atoms with Crippen LogP contribution in [0.2, 0.25) is 5.02 Å². The van der Waals surface area contributed by atoms with Crippen LogP contribution in [0.15, 0.2) is 72.8 Å². The summed E-state index contributed by atoms with van der Waals surface area (Å²) in [5.74, 6) is -0.363. The van der Waals surface area contributed by atoms with Crippen molar-refractivity contribution in [1.29, 1.82) is 0 Å². The molecule has 1 fully saturated rings. The van der Waals surface area contributed by atoms with Gasteiger partial charge in [0.25, 0.3) is 0 Å². The maximum Gasteiger partial charge on any atom is 0.243 e. The Bertz CT molecular complexity index is 1490. The number of nitrogens with zero attached hydrogens (tertiary/aromatic N) is 2. The number of sulfonamides is 1. The van der Waals surface area contributed by atoms with Crippen LogP contribution in [0.4, 0.5) is 5.69 Å². The third-order valence-electron chi connectivity index (χ3n) is 8.02. The van der Waals surface area contributed by atoms with Crippen molar-refractivity contribution in [3.05, 3.63) is 100 Å². The summed E-state index contributed by atoms with van der Waals surface area (Å²) < 4.78 is 27.0. The van der Waals surface area contributed by atoms with Crippen molar-refractivity contribution < 1.29 is 18.0 Å². The monoisotopic (exact) mass is 623 g/mol. The highest BCUT2D eigenvalue weighted by Crippen LogP contribution is 2.25. The number of nitrogens with one attached hydrogen (secondary N) is 1. The minimum Gasteiger partial charge on any atom is -0.352 e. The Morgan fingerprint density at radius 1 is 0.953 bits per heavy atom. The van der Waals surface area contributed by atoms with Crippen LogP contribution in [0.1, 0.15) is 60.8 Å². The lowest BCUT2D eigenvalue weighted by molar-refractivity contribution is -0.141. The van der Waals surface area contributed by atoms with Gasteiger partial charge in [-0.05, 0) is 73.6 Å². The molecule has 2 amide bonds. The number of amides is 2. The zero-order valence-corrected chi connectivity index (χ0v) is 26.8. The van der Waals surface area contributed by atoms with Crippen LogP contribution < -0.4 is 9.62 Å². The second-order valence-corrected chi connectivity index (χ2v) is 13.9. The maximum atomic E-state index is 14.0. The van der Waals surface area contributed by atoms with E-state index in [1.807, 2.05) is 74.5 Å². The number of halogens is 1. The van der Waals surface area contributed by atoms with E-state index < -0.39 is 16.1 Å². The molecule has 0 unspecified atom stereocenters. The summed E-state index contributed by atoms with van der Waals surface area (Å²) in [5, 5.41) is 3.81. The summed E-state index contributed by atoms with van der Waals surface area (Å²) in [6.07, 6.45) is 6.00. The first-order chi connectivity index (χ1) is 20.5. The van der Waals surface area contributed by atoms with Crippen molar-refractivity contribution in [3.63, 3.8) is 0 Å². The standard InChI is InChI=1S/C34H42ClN3O4S/c1-25-15-16-26(2)31(22-25)38(43(3,41)42)21-9-14-33(39)37(24-28-17-19-29(35)20-18-28)32(23-27-10-5-4-6-11-27)34(40)36-30-12-7-8-13-30/h4-6,10-11,15-20,22,30,32H,7-9,12-14,21,23-24H2,1-3H3,(H,36,40)/t32-/m0/s1. The molecule has 7 nitrogen and oxygen atoms in total. The topological polar surface area (TPSA) is 86.8 Å². The Balaban J connectivity index is 1.59. The van der Waals surface area contributed by atoms with Crippen molar-refractivity contribution in [3.8, 4) is 0 Å². The van der Waals surface area contributed by atoms with E-state index in [2.05, 4.69) is 5.32 Å². The highest BCUT2D eigenvalue weighted by atomic mass is 35.5. The number of hydrogen-bond donors (Lipinski definition) is 1. The van der Waals surface area contributed by atoms with Crippen LogP contribution in [-0.4, -0.2) is 50.0 Å². The van der Waals surface area contributed by atoms with Crippen LogP contribution >= 0.6 is 11.6 Å². The molecule has 1 atom stereocenters. The van der Waals surface area contributed by atoms with Gasteiger partial charge in [0.05, 0.1) is 11.9 Å². The van der Waals surface area contributed by atoms with E-state index in [4.69, 9.17) is 11.6 Å². The number of benzene rings is 3. The van der Waals surface area contributed by atoms with Crippen molar-refractivity contribution in [2.75, 3.05) is 17.1 Å². The van der Waals surface area contributed by atoms with E-state index in [-0.39, 0.29) is 37.4 Å². The summed E-state index contributed by atoms with van der Waals surface area (Å²) in [5.41, 5.74) is 4.24. The molecule has 0 aromatic heterocycles. The minimum absolute atomic E-state index is 0.0898. The molecule has 4 rings (SSSR count). The third kappa shape index (κ3) is 9.31. The van der Waals surface area contributed by atoms with Crippen LogP contribution in [0, 0.1) is 13.8 Å². The van der Waals surface area contributed by atoms with Crippen LogP contribution in [0.5, 0.6) is 0 Å². The number of anilines is 1. The van der Waals surface area contributed by atoms with E-state index in [0.29, 0.717) is 23.6 Å². The second-order valence-electron chi connectivity index (χ2n) is 11.6. The van der Waals surface area contributed by atoms with Crippen LogP contribution in [0.25, 0.3) is 0 Å². The second kappa shape index (κ2) is 14.9. The van der Waals surface area contributed by atoms with Crippen LogP contribution in [0.3, 0.4) is 0 Å². The van der Waals surface area contributed by atoms with Gasteiger partial charge >= 0.3 is 0 Å². The molecule has 3 aromatic carbocycles. The minimum atomic E-state index is -3.58. The van der Waals surface area contributed by atoms with Gasteiger partial charge < -0.3 is 10.2 Å². The molecule has 0 radical (unpaired) electrons. The van der Waals surface area contributed by atoms with Gasteiger partial charge in [0.1, 0.15) is 6.04 Å². The fourth-order valence-electron chi connectivity index (χ4n) is 5.68. The normalized spacial score (nSPS) is 14.3. The summed E-state index contributed by atoms with van der Waals surface area (Å²) >= 11 is 6.13. The van der Waals surface area contributed by atoms with E-state index in [1.165, 1.54) is 10.6 Å². The molecule has 43 heavy (non-hydrogen) atoms. The first kappa shape index (κ1) is 32.6. The molecular weight excluding hydrogens is 582 g/mol. The quantitative estimate of drug-likeness (QED) is 0.246. The summed E-state index contributed by atoms with van der Waals surface area (Å²) in [7, 11) is -3.58. The molecule has 0 spiro atoms. The first-order valence-electron chi connectivity index (χ1n) is 14.9. The molecule has 1 aliphatic rings. The Labute approximate surface area is 261 Å².